The summed E-state index contributed by atoms with van der Waals surface area (Å²) in [5.74, 6) is 0.106. The average molecular weight is 425 g/mol. The number of halogens is 1. The van der Waals surface area contributed by atoms with Crippen LogP contribution in [0, 0.1) is 6.92 Å². The molecule has 1 aliphatic rings. The lowest BCUT2D eigenvalue weighted by molar-refractivity contribution is -0.118. The first kappa shape index (κ1) is 20.0. The third kappa shape index (κ3) is 3.76. The van der Waals surface area contributed by atoms with Crippen LogP contribution in [0.1, 0.15) is 22.5 Å². The van der Waals surface area contributed by atoms with Crippen molar-refractivity contribution in [3.8, 4) is 11.4 Å². The van der Waals surface area contributed by atoms with E-state index in [9.17, 15) is 9.59 Å². The van der Waals surface area contributed by atoms with Crippen molar-refractivity contribution in [3.05, 3.63) is 71.3 Å². The van der Waals surface area contributed by atoms with Crippen molar-refractivity contribution >= 4 is 29.1 Å². The Morgan fingerprint density at radius 1 is 1.27 bits per heavy atom. The maximum absolute atomic E-state index is 12.9. The molecule has 2 aromatic carbocycles. The minimum atomic E-state index is -0.601. The standard InChI is InChI=1S/C22H21ClN4O3/c1-14-12-26(13-24-14)19-8-7-15(11-20(19)30-2)27-10-9-18(22(27)29)25-21(28)16-5-3-4-6-17(16)23/h3-8,11-13,18H,9-10H2,1-2H3,(H,25,28). The van der Waals surface area contributed by atoms with Crippen LogP contribution < -0.4 is 15.0 Å². The lowest BCUT2D eigenvalue weighted by atomic mass is 10.2. The van der Waals surface area contributed by atoms with Crippen LogP contribution in [-0.4, -0.2) is 41.1 Å². The Kier molecular flexibility index (Phi) is 5.46. The fourth-order valence-corrected chi connectivity index (χ4v) is 3.77. The number of imidazole rings is 1. The molecule has 1 aliphatic heterocycles. The molecule has 30 heavy (non-hydrogen) atoms. The number of hydrogen-bond acceptors (Lipinski definition) is 4. The van der Waals surface area contributed by atoms with E-state index in [0.29, 0.717) is 35.0 Å². The molecule has 2 amide bonds. The minimum Gasteiger partial charge on any atom is -0.494 e. The van der Waals surface area contributed by atoms with Crippen molar-refractivity contribution in [3.63, 3.8) is 0 Å². The summed E-state index contributed by atoms with van der Waals surface area (Å²) in [6, 6.07) is 11.7. The van der Waals surface area contributed by atoms with Crippen LogP contribution in [-0.2, 0) is 4.79 Å². The summed E-state index contributed by atoms with van der Waals surface area (Å²) in [5, 5.41) is 3.15. The van der Waals surface area contributed by atoms with Gasteiger partial charge in [0.1, 0.15) is 11.8 Å². The van der Waals surface area contributed by atoms with Crippen LogP contribution in [0.3, 0.4) is 0 Å². The number of rotatable bonds is 5. The van der Waals surface area contributed by atoms with E-state index in [4.69, 9.17) is 16.3 Å². The summed E-state index contributed by atoms with van der Waals surface area (Å²) in [7, 11) is 1.59. The number of ether oxygens (including phenoxy) is 1. The van der Waals surface area contributed by atoms with Crippen LogP contribution in [0.4, 0.5) is 5.69 Å². The number of nitrogens with one attached hydrogen (secondary N) is 1. The van der Waals surface area contributed by atoms with Gasteiger partial charge in [-0.15, -0.1) is 0 Å². The summed E-state index contributed by atoms with van der Waals surface area (Å²) in [6.07, 6.45) is 4.13. The molecule has 1 unspecified atom stereocenters. The molecule has 1 N–H and O–H groups in total. The number of anilines is 1. The van der Waals surface area contributed by atoms with Gasteiger partial charge in [-0.05, 0) is 37.6 Å². The number of carbonyl (C=O) groups is 2. The molecule has 154 valence electrons. The maximum atomic E-state index is 12.9. The molecule has 8 heteroatoms. The van der Waals surface area contributed by atoms with Crippen molar-refractivity contribution in [1.29, 1.82) is 0 Å². The van der Waals surface area contributed by atoms with Gasteiger partial charge in [-0.3, -0.25) is 9.59 Å². The van der Waals surface area contributed by atoms with E-state index in [0.717, 1.165) is 11.4 Å². The number of aromatic nitrogens is 2. The van der Waals surface area contributed by atoms with Gasteiger partial charge in [-0.1, -0.05) is 23.7 Å². The molecule has 7 nitrogen and oxygen atoms in total. The van der Waals surface area contributed by atoms with Gasteiger partial charge < -0.3 is 19.5 Å². The largest absolute Gasteiger partial charge is 0.494 e. The summed E-state index contributed by atoms with van der Waals surface area (Å²) in [6.45, 7) is 2.41. The molecule has 4 rings (SSSR count). The van der Waals surface area contributed by atoms with Crippen molar-refractivity contribution in [2.75, 3.05) is 18.6 Å². The average Bonchev–Trinajstić information content (AvgIpc) is 3.33. The van der Waals surface area contributed by atoms with E-state index in [1.165, 1.54) is 0 Å². The molecule has 1 atom stereocenters. The summed E-state index contributed by atoms with van der Waals surface area (Å²) in [5.41, 5.74) is 2.80. The van der Waals surface area contributed by atoms with Crippen molar-refractivity contribution < 1.29 is 14.3 Å². The fourth-order valence-electron chi connectivity index (χ4n) is 3.55. The zero-order chi connectivity index (χ0) is 21.3. The van der Waals surface area contributed by atoms with Crippen LogP contribution in [0.2, 0.25) is 5.02 Å². The predicted molar refractivity (Wildman–Crippen MR) is 115 cm³/mol. The maximum Gasteiger partial charge on any atom is 0.253 e. The first-order valence-corrected chi connectivity index (χ1v) is 9.91. The Morgan fingerprint density at radius 2 is 2.07 bits per heavy atom. The number of carbonyl (C=O) groups excluding carboxylic acids is 2. The van der Waals surface area contributed by atoms with E-state index < -0.39 is 6.04 Å². The van der Waals surface area contributed by atoms with Crippen molar-refractivity contribution in [2.45, 2.75) is 19.4 Å². The number of nitrogens with zero attached hydrogens (tertiary/aromatic N) is 3. The normalized spacial score (nSPS) is 16.0. The second kappa shape index (κ2) is 8.20. The molecule has 1 saturated heterocycles. The molecule has 0 aliphatic carbocycles. The Hall–Kier alpha value is -3.32. The predicted octanol–water partition coefficient (Wildman–Crippen LogP) is 3.38. The third-order valence-electron chi connectivity index (χ3n) is 5.09. The molecule has 0 radical (unpaired) electrons. The van der Waals surface area contributed by atoms with Gasteiger partial charge in [-0.25, -0.2) is 4.98 Å². The van der Waals surface area contributed by atoms with Crippen LogP contribution in [0.25, 0.3) is 5.69 Å². The molecule has 1 aromatic heterocycles. The third-order valence-corrected chi connectivity index (χ3v) is 5.42. The van der Waals surface area contributed by atoms with E-state index >= 15 is 0 Å². The van der Waals surface area contributed by atoms with E-state index in [1.807, 2.05) is 35.9 Å². The highest BCUT2D eigenvalue weighted by atomic mass is 35.5. The second-order valence-electron chi connectivity index (χ2n) is 7.06. The Bertz CT molecular complexity index is 1110. The molecule has 3 aromatic rings. The molecule has 0 spiro atoms. The molecule has 0 saturated carbocycles. The molecular weight excluding hydrogens is 404 g/mol. The van der Waals surface area contributed by atoms with Gasteiger partial charge >= 0.3 is 0 Å². The lowest BCUT2D eigenvalue weighted by Crippen LogP contribution is -2.41. The van der Waals surface area contributed by atoms with E-state index in [2.05, 4.69) is 10.3 Å². The SMILES string of the molecule is COc1cc(N2CCC(NC(=O)c3ccccc3Cl)C2=O)ccc1-n1cnc(C)c1. The van der Waals surface area contributed by atoms with Gasteiger partial charge in [-0.2, -0.15) is 0 Å². The summed E-state index contributed by atoms with van der Waals surface area (Å²) >= 11 is 6.09. The quantitative estimate of drug-likeness (QED) is 0.681. The highest BCUT2D eigenvalue weighted by molar-refractivity contribution is 6.33. The topological polar surface area (TPSA) is 76.5 Å². The monoisotopic (exact) mass is 424 g/mol. The van der Waals surface area contributed by atoms with Gasteiger partial charge in [0.2, 0.25) is 5.91 Å². The van der Waals surface area contributed by atoms with Crippen molar-refractivity contribution in [2.24, 2.45) is 0 Å². The van der Waals surface area contributed by atoms with Crippen LogP contribution >= 0.6 is 11.6 Å². The first-order valence-electron chi connectivity index (χ1n) is 9.53. The Labute approximate surface area is 179 Å². The molecule has 0 bridgehead atoms. The van der Waals surface area contributed by atoms with Gasteiger partial charge in [0.05, 0.1) is 35.4 Å². The van der Waals surface area contributed by atoms with E-state index in [-0.39, 0.29) is 11.8 Å². The molecular formula is C22H21ClN4O3. The van der Waals surface area contributed by atoms with Gasteiger partial charge in [0.15, 0.2) is 0 Å². The number of aryl methyl sites for hydroxylation is 1. The van der Waals surface area contributed by atoms with E-state index in [1.54, 1.807) is 42.6 Å². The van der Waals surface area contributed by atoms with Gasteiger partial charge in [0, 0.05) is 24.5 Å². The minimum absolute atomic E-state index is 0.163. The number of hydrogen-bond donors (Lipinski definition) is 1. The van der Waals surface area contributed by atoms with Crippen LogP contribution in [0.5, 0.6) is 5.75 Å². The fraction of sp³-hybridized carbons (Fsp3) is 0.227. The summed E-state index contributed by atoms with van der Waals surface area (Å²) in [4.78, 5) is 31.4. The highest BCUT2D eigenvalue weighted by Gasteiger charge is 2.34. The van der Waals surface area contributed by atoms with Crippen LogP contribution in [0.15, 0.2) is 55.0 Å². The number of benzene rings is 2. The Balaban J connectivity index is 1.52. The van der Waals surface area contributed by atoms with Crippen molar-refractivity contribution in [1.82, 2.24) is 14.9 Å². The number of amides is 2. The Morgan fingerprint density at radius 3 is 2.77 bits per heavy atom. The first-order chi connectivity index (χ1) is 14.5. The summed E-state index contributed by atoms with van der Waals surface area (Å²) < 4.78 is 7.41. The number of methoxy groups -OCH3 is 1. The molecule has 1 fully saturated rings. The zero-order valence-corrected chi connectivity index (χ0v) is 17.4. The molecule has 2 heterocycles. The lowest BCUT2D eigenvalue weighted by Gasteiger charge is -2.19. The zero-order valence-electron chi connectivity index (χ0n) is 16.6. The smallest absolute Gasteiger partial charge is 0.253 e. The highest BCUT2D eigenvalue weighted by Crippen LogP contribution is 2.31. The van der Waals surface area contributed by atoms with Gasteiger partial charge in [0.25, 0.3) is 5.91 Å². The second-order valence-corrected chi connectivity index (χ2v) is 7.47.